The van der Waals surface area contributed by atoms with Crippen LogP contribution in [-0.2, 0) is 0 Å². The second-order valence-electron chi connectivity index (χ2n) is 5.97. The largest absolute Gasteiger partial charge is 0.281 e. The number of aromatic nitrogens is 2. The fourth-order valence-corrected chi connectivity index (χ4v) is 2.62. The summed E-state index contributed by atoms with van der Waals surface area (Å²) >= 11 is 6.12. The van der Waals surface area contributed by atoms with E-state index in [0.29, 0.717) is 5.02 Å². The van der Waals surface area contributed by atoms with Gasteiger partial charge in [0.05, 0.1) is 16.4 Å². The topological polar surface area (TPSA) is 42.0 Å². The summed E-state index contributed by atoms with van der Waals surface area (Å²) in [4.78, 5) is 4.66. The van der Waals surface area contributed by atoms with Crippen molar-refractivity contribution in [2.75, 3.05) is 0 Å². The number of hydrogen-bond acceptors (Lipinski definition) is 3. The normalized spacial score (nSPS) is 11.9. The number of pyridine rings is 1. The molecular weight excluding hydrogens is 308 g/mol. The van der Waals surface area contributed by atoms with Crippen LogP contribution < -0.4 is 0 Å². The highest BCUT2D eigenvalue weighted by Crippen LogP contribution is 2.31. The number of halogens is 1. The van der Waals surface area contributed by atoms with Crippen LogP contribution >= 0.6 is 11.6 Å². The van der Waals surface area contributed by atoms with Gasteiger partial charge < -0.3 is 0 Å². The van der Waals surface area contributed by atoms with Gasteiger partial charge in [-0.15, -0.1) is 10.2 Å². The molecule has 0 saturated heterocycles. The van der Waals surface area contributed by atoms with E-state index in [1.165, 1.54) is 5.56 Å². The number of benzene rings is 1. The van der Waals surface area contributed by atoms with Crippen LogP contribution in [0.25, 0.3) is 5.65 Å². The molecule has 5 heteroatoms. The second kappa shape index (κ2) is 6.13. The SMILES string of the molecule is Cc1cccc(N=Nc2c(C(C)C)nc3ccc(Cl)cn23)c1C. The molecule has 0 aliphatic heterocycles. The van der Waals surface area contributed by atoms with E-state index in [1.807, 2.05) is 34.9 Å². The highest BCUT2D eigenvalue weighted by atomic mass is 35.5. The van der Waals surface area contributed by atoms with Gasteiger partial charge in [-0.05, 0) is 49.1 Å². The molecule has 0 amide bonds. The minimum absolute atomic E-state index is 0.251. The fourth-order valence-electron chi connectivity index (χ4n) is 2.46. The summed E-state index contributed by atoms with van der Waals surface area (Å²) in [5.74, 6) is 0.986. The zero-order valence-electron chi connectivity index (χ0n) is 13.7. The molecule has 0 atom stereocenters. The molecule has 0 fully saturated rings. The van der Waals surface area contributed by atoms with Crippen LogP contribution in [-0.4, -0.2) is 9.38 Å². The zero-order chi connectivity index (χ0) is 16.6. The van der Waals surface area contributed by atoms with Gasteiger partial charge in [0.25, 0.3) is 0 Å². The van der Waals surface area contributed by atoms with Crippen molar-refractivity contribution in [1.82, 2.24) is 9.38 Å². The smallest absolute Gasteiger partial charge is 0.183 e. The summed E-state index contributed by atoms with van der Waals surface area (Å²) in [6.45, 7) is 8.32. The molecule has 0 aliphatic rings. The Hall–Kier alpha value is -2.20. The van der Waals surface area contributed by atoms with Crippen molar-refractivity contribution in [2.24, 2.45) is 10.2 Å². The molecule has 3 rings (SSSR count). The molecule has 1 aromatic carbocycles. The van der Waals surface area contributed by atoms with Crippen molar-refractivity contribution in [3.05, 3.63) is 58.4 Å². The van der Waals surface area contributed by atoms with E-state index in [0.717, 1.165) is 28.4 Å². The first kappa shape index (κ1) is 15.7. The molecule has 0 unspecified atom stereocenters. The Labute approximate surface area is 140 Å². The average molecular weight is 327 g/mol. The zero-order valence-corrected chi connectivity index (χ0v) is 14.5. The lowest BCUT2D eigenvalue weighted by Crippen LogP contribution is -1.88. The van der Waals surface area contributed by atoms with E-state index in [2.05, 4.69) is 49.0 Å². The van der Waals surface area contributed by atoms with Crippen molar-refractivity contribution in [1.29, 1.82) is 0 Å². The number of hydrogen-bond donors (Lipinski definition) is 0. The van der Waals surface area contributed by atoms with Gasteiger partial charge in [0.15, 0.2) is 5.82 Å². The second-order valence-corrected chi connectivity index (χ2v) is 6.41. The number of rotatable bonds is 3. The lowest BCUT2D eigenvalue weighted by atomic mass is 10.1. The molecule has 0 bridgehead atoms. The van der Waals surface area contributed by atoms with Crippen LogP contribution in [0, 0.1) is 13.8 Å². The van der Waals surface area contributed by atoms with Crippen LogP contribution in [0.15, 0.2) is 46.8 Å². The predicted octanol–water partition coefficient (Wildman–Crippen LogP) is 6.14. The molecule has 118 valence electrons. The number of imidazole rings is 1. The number of fused-ring (bicyclic) bond motifs is 1. The van der Waals surface area contributed by atoms with Gasteiger partial charge in [-0.3, -0.25) is 4.40 Å². The third kappa shape index (κ3) is 2.99. The average Bonchev–Trinajstić information content (AvgIpc) is 2.87. The maximum atomic E-state index is 6.12. The summed E-state index contributed by atoms with van der Waals surface area (Å²) in [6.07, 6.45) is 1.83. The van der Waals surface area contributed by atoms with Crippen LogP contribution in [0.1, 0.15) is 36.6 Å². The van der Waals surface area contributed by atoms with E-state index in [1.54, 1.807) is 0 Å². The summed E-state index contributed by atoms with van der Waals surface area (Å²) in [7, 11) is 0. The fraction of sp³-hybridized carbons (Fsp3) is 0.278. The van der Waals surface area contributed by atoms with Crippen molar-refractivity contribution >= 4 is 28.8 Å². The summed E-state index contributed by atoms with van der Waals surface area (Å²) in [5.41, 5.74) is 4.95. The van der Waals surface area contributed by atoms with Gasteiger partial charge in [0.2, 0.25) is 0 Å². The minimum Gasteiger partial charge on any atom is -0.281 e. The maximum Gasteiger partial charge on any atom is 0.183 e. The van der Waals surface area contributed by atoms with E-state index < -0.39 is 0 Å². The third-order valence-electron chi connectivity index (χ3n) is 3.96. The number of nitrogens with zero attached hydrogens (tertiary/aromatic N) is 4. The highest BCUT2D eigenvalue weighted by molar-refractivity contribution is 6.30. The summed E-state index contributed by atoms with van der Waals surface area (Å²) in [5, 5.41) is 9.60. The molecular formula is C18H19ClN4. The molecule has 0 aliphatic carbocycles. The van der Waals surface area contributed by atoms with Crippen LogP contribution in [0.4, 0.5) is 11.5 Å². The highest BCUT2D eigenvalue weighted by Gasteiger charge is 2.15. The number of azo groups is 1. The lowest BCUT2D eigenvalue weighted by Gasteiger charge is -2.04. The molecule has 0 N–H and O–H groups in total. The van der Waals surface area contributed by atoms with E-state index in [-0.39, 0.29) is 5.92 Å². The quantitative estimate of drug-likeness (QED) is 0.533. The molecule has 3 aromatic rings. The maximum absolute atomic E-state index is 6.12. The first-order chi connectivity index (χ1) is 11.0. The Balaban J connectivity index is 2.14. The van der Waals surface area contributed by atoms with Crippen LogP contribution in [0.2, 0.25) is 5.02 Å². The molecule has 0 spiro atoms. The molecule has 0 saturated carbocycles. The third-order valence-corrected chi connectivity index (χ3v) is 4.18. The van der Waals surface area contributed by atoms with E-state index in [4.69, 9.17) is 11.6 Å². The Bertz CT molecular complexity index is 893. The summed E-state index contributed by atoms with van der Waals surface area (Å²) < 4.78 is 1.90. The van der Waals surface area contributed by atoms with E-state index in [9.17, 15) is 0 Å². The first-order valence-corrected chi connectivity index (χ1v) is 8.00. The molecule has 2 heterocycles. The predicted molar refractivity (Wildman–Crippen MR) is 94.4 cm³/mol. The standard InChI is InChI=1S/C18H19ClN4/c1-11(2)17-18(23-10-14(19)8-9-16(23)20-17)22-21-15-7-5-6-12(3)13(15)4/h5-11H,1-4H3. The van der Waals surface area contributed by atoms with Gasteiger partial charge in [0.1, 0.15) is 5.65 Å². The Kier molecular flexibility index (Phi) is 4.18. The van der Waals surface area contributed by atoms with Gasteiger partial charge in [-0.2, -0.15) is 0 Å². The Morgan fingerprint density at radius 3 is 2.61 bits per heavy atom. The van der Waals surface area contributed by atoms with Crippen molar-refractivity contribution < 1.29 is 0 Å². The minimum atomic E-state index is 0.251. The first-order valence-electron chi connectivity index (χ1n) is 7.63. The van der Waals surface area contributed by atoms with Gasteiger partial charge in [-0.25, -0.2) is 4.98 Å². The van der Waals surface area contributed by atoms with Crippen LogP contribution in [0.5, 0.6) is 0 Å². The van der Waals surface area contributed by atoms with Gasteiger partial charge in [0, 0.05) is 6.20 Å². The van der Waals surface area contributed by atoms with Crippen molar-refractivity contribution in [3.63, 3.8) is 0 Å². The Morgan fingerprint density at radius 2 is 1.87 bits per heavy atom. The molecule has 2 aromatic heterocycles. The van der Waals surface area contributed by atoms with Crippen molar-refractivity contribution in [2.45, 2.75) is 33.6 Å². The molecule has 23 heavy (non-hydrogen) atoms. The van der Waals surface area contributed by atoms with Gasteiger partial charge >= 0.3 is 0 Å². The monoisotopic (exact) mass is 326 g/mol. The van der Waals surface area contributed by atoms with Crippen LogP contribution in [0.3, 0.4) is 0 Å². The number of aryl methyl sites for hydroxylation is 1. The van der Waals surface area contributed by atoms with Gasteiger partial charge in [-0.1, -0.05) is 37.6 Å². The Morgan fingerprint density at radius 1 is 1.09 bits per heavy atom. The molecule has 0 radical (unpaired) electrons. The van der Waals surface area contributed by atoms with Crippen molar-refractivity contribution in [3.8, 4) is 0 Å². The van der Waals surface area contributed by atoms with E-state index >= 15 is 0 Å². The lowest BCUT2D eigenvalue weighted by molar-refractivity contribution is 0.831. The molecule has 4 nitrogen and oxygen atoms in total. The summed E-state index contributed by atoms with van der Waals surface area (Å²) in [6, 6.07) is 9.76.